The Kier molecular flexibility index (Phi) is 7.55. The SMILES string of the molecule is CCC[C@@H](C)NC(=O)CCCN(c1ccc(C)cc1)S(C)(=O)=O. The van der Waals surface area contributed by atoms with Crippen molar-refractivity contribution in [2.75, 3.05) is 17.1 Å². The zero-order valence-corrected chi connectivity index (χ0v) is 15.3. The van der Waals surface area contributed by atoms with E-state index in [-0.39, 0.29) is 11.9 Å². The lowest BCUT2D eigenvalue weighted by molar-refractivity contribution is -0.121. The van der Waals surface area contributed by atoms with E-state index in [0.717, 1.165) is 18.4 Å². The third-order valence-corrected chi connectivity index (χ3v) is 4.81. The molecule has 130 valence electrons. The second kappa shape index (κ2) is 8.91. The van der Waals surface area contributed by atoms with Gasteiger partial charge in [0, 0.05) is 19.0 Å². The lowest BCUT2D eigenvalue weighted by atomic mass is 10.2. The van der Waals surface area contributed by atoms with Crippen molar-refractivity contribution in [3.63, 3.8) is 0 Å². The molecule has 1 aromatic carbocycles. The molecule has 0 aliphatic heterocycles. The molecule has 1 atom stereocenters. The number of amides is 1. The summed E-state index contributed by atoms with van der Waals surface area (Å²) in [6, 6.07) is 7.51. The third kappa shape index (κ3) is 7.03. The second-order valence-electron chi connectivity index (χ2n) is 6.03. The van der Waals surface area contributed by atoms with Crippen molar-refractivity contribution < 1.29 is 13.2 Å². The van der Waals surface area contributed by atoms with Crippen LogP contribution in [0.3, 0.4) is 0 Å². The van der Waals surface area contributed by atoms with E-state index >= 15 is 0 Å². The van der Waals surface area contributed by atoms with Crippen LogP contribution in [-0.4, -0.2) is 33.2 Å². The van der Waals surface area contributed by atoms with E-state index in [4.69, 9.17) is 0 Å². The molecule has 0 unspecified atom stereocenters. The molecule has 0 aliphatic carbocycles. The van der Waals surface area contributed by atoms with Gasteiger partial charge < -0.3 is 5.32 Å². The largest absolute Gasteiger partial charge is 0.354 e. The minimum absolute atomic E-state index is 0.0247. The van der Waals surface area contributed by atoms with Gasteiger partial charge >= 0.3 is 0 Å². The second-order valence-corrected chi connectivity index (χ2v) is 7.94. The van der Waals surface area contributed by atoms with Crippen LogP contribution in [0.1, 0.15) is 45.1 Å². The first-order valence-corrected chi connectivity index (χ1v) is 9.92. The maximum Gasteiger partial charge on any atom is 0.232 e. The minimum Gasteiger partial charge on any atom is -0.354 e. The molecule has 0 saturated carbocycles. The summed E-state index contributed by atoms with van der Waals surface area (Å²) in [7, 11) is -3.36. The first kappa shape index (κ1) is 19.5. The van der Waals surface area contributed by atoms with E-state index < -0.39 is 10.0 Å². The zero-order valence-electron chi connectivity index (χ0n) is 14.5. The van der Waals surface area contributed by atoms with Crippen LogP contribution in [0, 0.1) is 6.92 Å². The molecule has 0 fully saturated rings. The van der Waals surface area contributed by atoms with Gasteiger partial charge in [-0.25, -0.2) is 8.42 Å². The van der Waals surface area contributed by atoms with Crippen molar-refractivity contribution in [3.8, 4) is 0 Å². The van der Waals surface area contributed by atoms with Crippen molar-refractivity contribution in [1.82, 2.24) is 5.32 Å². The number of anilines is 1. The Labute approximate surface area is 140 Å². The summed E-state index contributed by atoms with van der Waals surface area (Å²) in [5, 5.41) is 2.93. The van der Waals surface area contributed by atoms with Gasteiger partial charge in [0.05, 0.1) is 11.9 Å². The van der Waals surface area contributed by atoms with E-state index in [0.29, 0.717) is 25.1 Å². The maximum atomic E-state index is 12.0. The molecule has 0 bridgehead atoms. The highest BCUT2D eigenvalue weighted by atomic mass is 32.2. The number of hydrogen-bond donors (Lipinski definition) is 1. The predicted molar refractivity (Wildman–Crippen MR) is 95.1 cm³/mol. The number of hydrogen-bond acceptors (Lipinski definition) is 3. The number of carbonyl (C=O) groups excluding carboxylic acids is 1. The van der Waals surface area contributed by atoms with Crippen LogP contribution < -0.4 is 9.62 Å². The molecule has 0 saturated heterocycles. The highest BCUT2D eigenvalue weighted by Crippen LogP contribution is 2.18. The Bertz CT molecular complexity index is 597. The highest BCUT2D eigenvalue weighted by molar-refractivity contribution is 7.92. The van der Waals surface area contributed by atoms with E-state index in [1.165, 1.54) is 10.6 Å². The monoisotopic (exact) mass is 340 g/mol. The smallest absolute Gasteiger partial charge is 0.232 e. The lowest BCUT2D eigenvalue weighted by Gasteiger charge is -2.22. The summed E-state index contributed by atoms with van der Waals surface area (Å²) in [4.78, 5) is 11.9. The Morgan fingerprint density at radius 2 is 1.87 bits per heavy atom. The van der Waals surface area contributed by atoms with Crippen molar-refractivity contribution in [3.05, 3.63) is 29.8 Å². The predicted octanol–water partition coefficient (Wildman–Crippen LogP) is 2.85. The van der Waals surface area contributed by atoms with Gasteiger partial charge in [-0.2, -0.15) is 0 Å². The number of sulfonamides is 1. The Morgan fingerprint density at radius 1 is 1.26 bits per heavy atom. The molecule has 1 aromatic rings. The Hall–Kier alpha value is -1.56. The van der Waals surface area contributed by atoms with Gasteiger partial charge in [0.15, 0.2) is 0 Å². The minimum atomic E-state index is -3.36. The molecule has 0 heterocycles. The van der Waals surface area contributed by atoms with Crippen LogP contribution in [0.5, 0.6) is 0 Å². The Morgan fingerprint density at radius 3 is 2.39 bits per heavy atom. The molecule has 1 N–H and O–H groups in total. The molecule has 1 rings (SSSR count). The number of carbonyl (C=O) groups is 1. The number of nitrogens with one attached hydrogen (secondary N) is 1. The van der Waals surface area contributed by atoms with Gasteiger partial charge in [0.1, 0.15) is 0 Å². The summed E-state index contributed by atoms with van der Waals surface area (Å²) in [5.41, 5.74) is 1.71. The molecular weight excluding hydrogens is 312 g/mol. The van der Waals surface area contributed by atoms with Gasteiger partial charge in [0.25, 0.3) is 0 Å². The van der Waals surface area contributed by atoms with E-state index in [1.807, 2.05) is 26.0 Å². The molecule has 5 nitrogen and oxygen atoms in total. The summed E-state index contributed by atoms with van der Waals surface area (Å²) >= 11 is 0. The van der Waals surface area contributed by atoms with Crippen molar-refractivity contribution in [1.29, 1.82) is 0 Å². The number of nitrogens with zero attached hydrogens (tertiary/aromatic N) is 1. The Balaban J connectivity index is 2.60. The van der Waals surface area contributed by atoms with E-state index in [9.17, 15) is 13.2 Å². The maximum absolute atomic E-state index is 12.0. The fourth-order valence-corrected chi connectivity index (χ4v) is 3.40. The van der Waals surface area contributed by atoms with Crippen molar-refractivity contribution in [2.45, 2.75) is 52.5 Å². The average Bonchev–Trinajstić information content (AvgIpc) is 2.44. The first-order chi connectivity index (χ1) is 10.7. The quantitative estimate of drug-likeness (QED) is 0.752. The fourth-order valence-electron chi connectivity index (χ4n) is 2.43. The van der Waals surface area contributed by atoms with Gasteiger partial charge in [-0.3, -0.25) is 9.10 Å². The normalized spacial score (nSPS) is 12.7. The highest BCUT2D eigenvalue weighted by Gasteiger charge is 2.17. The lowest BCUT2D eigenvalue weighted by Crippen LogP contribution is -2.34. The van der Waals surface area contributed by atoms with Crippen LogP contribution in [0.2, 0.25) is 0 Å². The van der Waals surface area contributed by atoms with E-state index in [1.54, 1.807) is 12.1 Å². The van der Waals surface area contributed by atoms with Crippen LogP contribution in [0.25, 0.3) is 0 Å². The molecule has 6 heteroatoms. The van der Waals surface area contributed by atoms with Gasteiger partial charge in [-0.15, -0.1) is 0 Å². The van der Waals surface area contributed by atoms with Gasteiger partial charge in [0.2, 0.25) is 15.9 Å². The standard InChI is InChI=1S/C17H28N2O3S/c1-5-7-15(3)18-17(20)8-6-13-19(23(4,21)22)16-11-9-14(2)10-12-16/h9-12,15H,5-8,13H2,1-4H3,(H,18,20)/t15-/m1/s1. The summed E-state index contributed by atoms with van der Waals surface area (Å²) < 4.78 is 25.3. The summed E-state index contributed by atoms with van der Waals surface area (Å²) in [6.07, 6.45) is 3.98. The molecule has 0 radical (unpaired) electrons. The van der Waals surface area contributed by atoms with Crippen LogP contribution in [-0.2, 0) is 14.8 Å². The molecule has 1 amide bonds. The number of benzene rings is 1. The average molecular weight is 340 g/mol. The fraction of sp³-hybridized carbons (Fsp3) is 0.588. The summed E-state index contributed by atoms with van der Waals surface area (Å²) in [6.45, 7) is 6.32. The van der Waals surface area contributed by atoms with Crippen molar-refractivity contribution >= 4 is 21.6 Å². The van der Waals surface area contributed by atoms with Gasteiger partial charge in [-0.1, -0.05) is 31.0 Å². The van der Waals surface area contributed by atoms with Crippen LogP contribution in [0.4, 0.5) is 5.69 Å². The van der Waals surface area contributed by atoms with Crippen LogP contribution >= 0.6 is 0 Å². The number of aryl methyl sites for hydroxylation is 1. The third-order valence-electron chi connectivity index (χ3n) is 3.62. The first-order valence-electron chi connectivity index (χ1n) is 8.07. The molecule has 0 aliphatic rings. The molecular formula is C17H28N2O3S. The van der Waals surface area contributed by atoms with Gasteiger partial charge in [-0.05, 0) is 38.8 Å². The summed E-state index contributed by atoms with van der Waals surface area (Å²) in [5.74, 6) is -0.0247. The molecule has 0 aromatic heterocycles. The van der Waals surface area contributed by atoms with Crippen LogP contribution in [0.15, 0.2) is 24.3 Å². The number of rotatable bonds is 9. The molecule has 23 heavy (non-hydrogen) atoms. The topological polar surface area (TPSA) is 66.5 Å². The molecule has 0 spiro atoms. The van der Waals surface area contributed by atoms with Crippen molar-refractivity contribution in [2.24, 2.45) is 0 Å². The van der Waals surface area contributed by atoms with E-state index in [2.05, 4.69) is 12.2 Å². The zero-order chi connectivity index (χ0) is 17.5.